The summed E-state index contributed by atoms with van der Waals surface area (Å²) in [5.74, 6) is -1.11. The highest BCUT2D eigenvalue weighted by Crippen LogP contribution is 2.12. The molecule has 0 fully saturated rings. The zero-order valence-corrected chi connectivity index (χ0v) is 7.62. The van der Waals surface area contributed by atoms with Crippen LogP contribution in [0.15, 0.2) is 17.1 Å². The monoisotopic (exact) mass is 183 g/mol. The molecule has 0 rings (SSSR count). The predicted molar refractivity (Wildman–Crippen MR) is 48.2 cm³/mol. The molecule has 0 aromatic carbocycles. The van der Waals surface area contributed by atoms with Crippen LogP contribution in [0, 0.1) is 0 Å². The van der Waals surface area contributed by atoms with Gasteiger partial charge in [-0.1, -0.05) is 26.3 Å². The highest BCUT2D eigenvalue weighted by Gasteiger charge is 2.16. The van der Waals surface area contributed by atoms with Gasteiger partial charge in [-0.3, -0.25) is 0 Å². The summed E-state index contributed by atoms with van der Waals surface area (Å²) in [6.07, 6.45) is 3.65. The molecule has 0 radical (unpaired) electrons. The molecular weight excluding hydrogens is 170 g/mol. The van der Waals surface area contributed by atoms with Crippen LogP contribution in [0.1, 0.15) is 26.2 Å². The first-order valence-electron chi connectivity index (χ1n) is 4.12. The van der Waals surface area contributed by atoms with Crippen molar-refractivity contribution < 1.29 is 14.7 Å². The summed E-state index contributed by atoms with van der Waals surface area (Å²) in [5, 5.41) is 8.59. The lowest BCUT2D eigenvalue weighted by Crippen LogP contribution is -2.14. The van der Waals surface area contributed by atoms with E-state index in [0.717, 1.165) is 12.8 Å². The molecule has 72 valence electrons. The SMILES string of the molecule is C=C(C(=O)O)C(CCCC)N=C=O. The number of isocyanates is 1. The first kappa shape index (κ1) is 11.6. The maximum Gasteiger partial charge on any atom is 0.333 e. The lowest BCUT2D eigenvalue weighted by molar-refractivity contribution is -0.132. The fourth-order valence-corrected chi connectivity index (χ4v) is 0.920. The molecular formula is C9H13NO3. The fourth-order valence-electron chi connectivity index (χ4n) is 0.920. The standard InChI is InChI=1S/C9H13NO3/c1-3-4-5-8(10-6-11)7(2)9(12)13/h8H,2-5H2,1H3,(H,12,13). The van der Waals surface area contributed by atoms with Crippen LogP contribution in [0.25, 0.3) is 0 Å². The average molecular weight is 183 g/mol. The third kappa shape index (κ3) is 4.23. The molecule has 4 heteroatoms. The van der Waals surface area contributed by atoms with Gasteiger partial charge in [0, 0.05) is 0 Å². The zero-order valence-electron chi connectivity index (χ0n) is 7.62. The number of carboxylic acid groups (broad SMARTS) is 1. The second kappa shape index (κ2) is 6.14. The molecule has 0 bridgehead atoms. The summed E-state index contributed by atoms with van der Waals surface area (Å²) < 4.78 is 0. The summed E-state index contributed by atoms with van der Waals surface area (Å²) in [4.78, 5) is 23.9. The topological polar surface area (TPSA) is 66.7 Å². The van der Waals surface area contributed by atoms with Crippen molar-refractivity contribution in [3.05, 3.63) is 12.2 Å². The summed E-state index contributed by atoms with van der Waals surface area (Å²) in [6, 6.07) is -0.616. The molecule has 1 N–H and O–H groups in total. The molecule has 0 aromatic heterocycles. The van der Waals surface area contributed by atoms with Crippen molar-refractivity contribution in [2.75, 3.05) is 0 Å². The van der Waals surface area contributed by atoms with Gasteiger partial charge in [0.05, 0.1) is 11.6 Å². The minimum Gasteiger partial charge on any atom is -0.478 e. The van der Waals surface area contributed by atoms with E-state index in [9.17, 15) is 9.59 Å². The molecule has 0 saturated carbocycles. The number of carboxylic acids is 1. The van der Waals surface area contributed by atoms with E-state index < -0.39 is 12.0 Å². The highest BCUT2D eigenvalue weighted by atomic mass is 16.4. The smallest absolute Gasteiger partial charge is 0.333 e. The van der Waals surface area contributed by atoms with Gasteiger partial charge in [-0.05, 0) is 6.42 Å². The number of hydrogen-bond acceptors (Lipinski definition) is 3. The van der Waals surface area contributed by atoms with Crippen LogP contribution in [-0.2, 0) is 9.59 Å². The first-order valence-corrected chi connectivity index (χ1v) is 4.12. The molecule has 0 aliphatic heterocycles. The Morgan fingerprint density at radius 1 is 1.69 bits per heavy atom. The van der Waals surface area contributed by atoms with Gasteiger partial charge in [-0.2, -0.15) is 4.99 Å². The minimum absolute atomic E-state index is 0.0446. The number of carbonyl (C=O) groups is 1. The average Bonchev–Trinajstić information content (AvgIpc) is 2.11. The molecule has 1 unspecified atom stereocenters. The molecule has 0 amide bonds. The highest BCUT2D eigenvalue weighted by molar-refractivity contribution is 5.87. The normalized spacial score (nSPS) is 11.5. The van der Waals surface area contributed by atoms with Crippen molar-refractivity contribution in [1.82, 2.24) is 0 Å². The van der Waals surface area contributed by atoms with Gasteiger partial charge in [0.25, 0.3) is 0 Å². The Morgan fingerprint density at radius 3 is 2.69 bits per heavy atom. The lowest BCUT2D eigenvalue weighted by Gasteiger charge is -2.08. The molecule has 1 atom stereocenters. The van der Waals surface area contributed by atoms with E-state index in [1.807, 2.05) is 6.92 Å². The number of aliphatic carboxylic acids is 1. The largest absolute Gasteiger partial charge is 0.478 e. The van der Waals surface area contributed by atoms with E-state index in [4.69, 9.17) is 5.11 Å². The number of hydrogen-bond donors (Lipinski definition) is 1. The van der Waals surface area contributed by atoms with E-state index in [1.54, 1.807) is 0 Å². The zero-order chi connectivity index (χ0) is 10.3. The van der Waals surface area contributed by atoms with Crippen molar-refractivity contribution in [1.29, 1.82) is 0 Å². The van der Waals surface area contributed by atoms with E-state index in [1.165, 1.54) is 6.08 Å². The van der Waals surface area contributed by atoms with Crippen LogP contribution in [0.4, 0.5) is 0 Å². The summed E-state index contributed by atoms with van der Waals surface area (Å²) in [5.41, 5.74) is -0.0446. The van der Waals surface area contributed by atoms with Crippen molar-refractivity contribution >= 4 is 12.0 Å². The number of nitrogens with zero attached hydrogens (tertiary/aromatic N) is 1. The molecule has 0 spiro atoms. The number of unbranched alkanes of at least 4 members (excludes halogenated alkanes) is 1. The summed E-state index contributed by atoms with van der Waals surface area (Å²) in [6.45, 7) is 5.33. The fraction of sp³-hybridized carbons (Fsp3) is 0.556. The molecule has 4 nitrogen and oxygen atoms in total. The maximum absolute atomic E-state index is 10.5. The molecule has 0 heterocycles. The van der Waals surface area contributed by atoms with Gasteiger partial charge in [-0.25, -0.2) is 9.59 Å². The second-order valence-electron chi connectivity index (χ2n) is 2.71. The van der Waals surface area contributed by atoms with Crippen molar-refractivity contribution in [3.63, 3.8) is 0 Å². The predicted octanol–water partition coefficient (Wildman–Crippen LogP) is 1.52. The van der Waals surface area contributed by atoms with Gasteiger partial charge in [-0.15, -0.1) is 0 Å². The molecule has 0 aromatic rings. The molecule has 0 aliphatic carbocycles. The summed E-state index contributed by atoms with van der Waals surface area (Å²) in [7, 11) is 0. The quantitative estimate of drug-likeness (QED) is 0.385. The van der Waals surface area contributed by atoms with Crippen LogP contribution in [0.3, 0.4) is 0 Å². The van der Waals surface area contributed by atoms with Gasteiger partial charge >= 0.3 is 5.97 Å². The van der Waals surface area contributed by atoms with Crippen molar-refractivity contribution in [2.24, 2.45) is 4.99 Å². The molecule has 0 saturated heterocycles. The Hall–Kier alpha value is -1.41. The lowest BCUT2D eigenvalue weighted by atomic mass is 10.0. The van der Waals surface area contributed by atoms with Crippen molar-refractivity contribution in [2.45, 2.75) is 32.2 Å². The number of carbonyl (C=O) groups excluding carboxylic acids is 1. The van der Waals surface area contributed by atoms with Crippen LogP contribution in [0.2, 0.25) is 0 Å². The van der Waals surface area contributed by atoms with E-state index in [2.05, 4.69) is 11.6 Å². The van der Waals surface area contributed by atoms with Crippen LogP contribution < -0.4 is 0 Å². The van der Waals surface area contributed by atoms with E-state index in [0.29, 0.717) is 6.42 Å². The molecule has 13 heavy (non-hydrogen) atoms. The first-order chi connectivity index (χ1) is 6.13. The second-order valence-corrected chi connectivity index (χ2v) is 2.71. The Labute approximate surface area is 77.0 Å². The van der Waals surface area contributed by atoms with Crippen LogP contribution in [-0.4, -0.2) is 23.2 Å². The third-order valence-corrected chi connectivity index (χ3v) is 1.72. The van der Waals surface area contributed by atoms with E-state index >= 15 is 0 Å². The van der Waals surface area contributed by atoms with Gasteiger partial charge in [0.1, 0.15) is 0 Å². The Balaban J connectivity index is 4.32. The molecule has 0 aliphatic rings. The van der Waals surface area contributed by atoms with E-state index in [-0.39, 0.29) is 5.57 Å². The number of aliphatic imine (C=N–C) groups is 1. The van der Waals surface area contributed by atoms with Crippen molar-refractivity contribution in [3.8, 4) is 0 Å². The van der Waals surface area contributed by atoms with Crippen LogP contribution >= 0.6 is 0 Å². The van der Waals surface area contributed by atoms with Gasteiger partial charge in [0.15, 0.2) is 0 Å². The Kier molecular flexibility index (Phi) is 5.48. The van der Waals surface area contributed by atoms with Crippen LogP contribution in [0.5, 0.6) is 0 Å². The van der Waals surface area contributed by atoms with Gasteiger partial charge in [0.2, 0.25) is 6.08 Å². The Morgan fingerprint density at radius 2 is 2.31 bits per heavy atom. The Bertz CT molecular complexity index is 241. The third-order valence-electron chi connectivity index (χ3n) is 1.72. The summed E-state index contributed by atoms with van der Waals surface area (Å²) >= 11 is 0. The minimum atomic E-state index is -1.11. The van der Waals surface area contributed by atoms with Gasteiger partial charge < -0.3 is 5.11 Å². The number of rotatable bonds is 6. The maximum atomic E-state index is 10.5.